The second-order valence-corrected chi connectivity index (χ2v) is 6.44. The Balaban J connectivity index is 1.74. The van der Waals surface area contributed by atoms with Crippen LogP contribution in [0.5, 0.6) is 0 Å². The molecule has 0 atom stereocenters. The van der Waals surface area contributed by atoms with Crippen LogP contribution in [0.3, 0.4) is 0 Å². The molecule has 0 N–H and O–H groups in total. The Kier molecular flexibility index (Phi) is 5.08. The summed E-state index contributed by atoms with van der Waals surface area (Å²) in [7, 11) is 0. The fourth-order valence-corrected chi connectivity index (χ4v) is 3.29. The molecule has 3 rings (SSSR count). The number of imidazole rings is 1. The molecule has 0 spiro atoms. The molecule has 3 aromatic heterocycles. The minimum atomic E-state index is 0.162. The molecule has 1 amide bonds. The zero-order valence-corrected chi connectivity index (χ0v) is 14.1. The number of aromatic nitrogens is 2. The Morgan fingerprint density at radius 1 is 1.35 bits per heavy atom. The van der Waals surface area contributed by atoms with Gasteiger partial charge in [0.25, 0.3) is 0 Å². The van der Waals surface area contributed by atoms with Crippen LogP contribution < -0.4 is 0 Å². The van der Waals surface area contributed by atoms with Crippen LogP contribution in [0.4, 0.5) is 0 Å². The largest absolute Gasteiger partial charge is 0.338 e. The van der Waals surface area contributed by atoms with Crippen LogP contribution in [0.1, 0.15) is 31.0 Å². The molecule has 23 heavy (non-hydrogen) atoms. The summed E-state index contributed by atoms with van der Waals surface area (Å²) in [6.45, 7) is 3.65. The molecular formula is C18H21N3OS. The van der Waals surface area contributed by atoms with Crippen molar-refractivity contribution in [2.75, 3.05) is 6.54 Å². The van der Waals surface area contributed by atoms with Gasteiger partial charge in [-0.05, 0) is 40.9 Å². The van der Waals surface area contributed by atoms with E-state index in [-0.39, 0.29) is 5.91 Å². The summed E-state index contributed by atoms with van der Waals surface area (Å²) in [4.78, 5) is 19.1. The zero-order valence-electron chi connectivity index (χ0n) is 13.3. The van der Waals surface area contributed by atoms with Crippen LogP contribution in [0, 0.1) is 0 Å². The van der Waals surface area contributed by atoms with E-state index in [4.69, 9.17) is 0 Å². The predicted octanol–water partition coefficient (Wildman–Crippen LogP) is 3.77. The van der Waals surface area contributed by atoms with Crippen molar-refractivity contribution >= 4 is 22.9 Å². The highest BCUT2D eigenvalue weighted by molar-refractivity contribution is 7.07. The van der Waals surface area contributed by atoms with Crippen LogP contribution in [0.25, 0.3) is 5.65 Å². The molecule has 0 aliphatic heterocycles. The van der Waals surface area contributed by atoms with Crippen molar-refractivity contribution in [3.05, 3.63) is 58.7 Å². The number of carbonyl (C=O) groups excluding carboxylic acids is 1. The molecule has 0 saturated heterocycles. The standard InChI is InChI=1S/C18H21N3OS/c1-2-3-8-20(13-15-7-10-23-14-15)18(22)11-16-12-19-17-6-4-5-9-21(16)17/h4-7,9-10,12,14H,2-3,8,11,13H2,1H3. The number of thiophene rings is 1. The van der Waals surface area contributed by atoms with Gasteiger partial charge in [0, 0.05) is 25.5 Å². The highest BCUT2D eigenvalue weighted by atomic mass is 32.1. The number of rotatable bonds is 7. The maximum Gasteiger partial charge on any atom is 0.228 e. The van der Waals surface area contributed by atoms with Gasteiger partial charge < -0.3 is 9.30 Å². The summed E-state index contributed by atoms with van der Waals surface area (Å²) in [5.74, 6) is 0.162. The SMILES string of the molecule is CCCCN(Cc1ccsc1)C(=O)Cc1cnc2ccccn12. The number of pyridine rings is 1. The van der Waals surface area contributed by atoms with E-state index in [1.807, 2.05) is 33.7 Å². The third-order valence-corrected chi connectivity index (χ3v) is 4.65. The van der Waals surface area contributed by atoms with Crippen LogP contribution in [-0.4, -0.2) is 26.7 Å². The molecule has 3 heterocycles. The van der Waals surface area contributed by atoms with E-state index in [1.54, 1.807) is 17.5 Å². The van der Waals surface area contributed by atoms with Crippen LogP contribution in [-0.2, 0) is 17.8 Å². The second-order valence-electron chi connectivity index (χ2n) is 5.66. The molecular weight excluding hydrogens is 306 g/mol. The van der Waals surface area contributed by atoms with E-state index >= 15 is 0 Å². The molecule has 0 unspecified atom stereocenters. The minimum Gasteiger partial charge on any atom is -0.338 e. The van der Waals surface area contributed by atoms with E-state index in [0.29, 0.717) is 13.0 Å². The third kappa shape index (κ3) is 3.79. The molecule has 0 fully saturated rings. The van der Waals surface area contributed by atoms with Gasteiger partial charge in [0.05, 0.1) is 12.1 Å². The summed E-state index contributed by atoms with van der Waals surface area (Å²) >= 11 is 1.67. The van der Waals surface area contributed by atoms with Gasteiger partial charge in [-0.2, -0.15) is 11.3 Å². The molecule has 0 aromatic carbocycles. The maximum absolute atomic E-state index is 12.8. The average molecular weight is 327 g/mol. The number of fused-ring (bicyclic) bond motifs is 1. The monoisotopic (exact) mass is 327 g/mol. The van der Waals surface area contributed by atoms with Crippen LogP contribution in [0.15, 0.2) is 47.4 Å². The van der Waals surface area contributed by atoms with Gasteiger partial charge in [0.15, 0.2) is 0 Å². The Hall–Kier alpha value is -2.14. The topological polar surface area (TPSA) is 37.6 Å². The van der Waals surface area contributed by atoms with Gasteiger partial charge in [0.1, 0.15) is 5.65 Å². The number of unbranched alkanes of at least 4 members (excludes halogenated alkanes) is 1. The van der Waals surface area contributed by atoms with Crippen molar-refractivity contribution in [2.24, 2.45) is 0 Å². The molecule has 0 saturated carbocycles. The smallest absolute Gasteiger partial charge is 0.228 e. The van der Waals surface area contributed by atoms with Crippen molar-refractivity contribution in [2.45, 2.75) is 32.7 Å². The molecule has 0 aliphatic carbocycles. The van der Waals surface area contributed by atoms with E-state index in [9.17, 15) is 4.79 Å². The molecule has 0 aliphatic rings. The Labute approximate surface area is 140 Å². The lowest BCUT2D eigenvalue weighted by Gasteiger charge is -2.22. The molecule has 120 valence electrons. The first kappa shape index (κ1) is 15.7. The van der Waals surface area contributed by atoms with Gasteiger partial charge in [-0.3, -0.25) is 4.79 Å². The zero-order chi connectivity index (χ0) is 16.1. The van der Waals surface area contributed by atoms with E-state index in [2.05, 4.69) is 28.7 Å². The number of nitrogens with zero attached hydrogens (tertiary/aromatic N) is 3. The van der Waals surface area contributed by atoms with Gasteiger partial charge in [-0.1, -0.05) is 19.4 Å². The fourth-order valence-electron chi connectivity index (χ4n) is 2.63. The summed E-state index contributed by atoms with van der Waals surface area (Å²) in [6, 6.07) is 7.96. The number of hydrogen-bond donors (Lipinski definition) is 0. The molecule has 5 heteroatoms. The Morgan fingerprint density at radius 2 is 2.26 bits per heavy atom. The first-order valence-corrected chi connectivity index (χ1v) is 8.92. The molecule has 4 nitrogen and oxygen atoms in total. The highest BCUT2D eigenvalue weighted by Crippen LogP contribution is 2.13. The molecule has 0 radical (unpaired) electrons. The summed E-state index contributed by atoms with van der Waals surface area (Å²) in [5.41, 5.74) is 3.03. The quantitative estimate of drug-likeness (QED) is 0.662. The maximum atomic E-state index is 12.8. The predicted molar refractivity (Wildman–Crippen MR) is 93.5 cm³/mol. The lowest BCUT2D eigenvalue weighted by atomic mass is 10.2. The van der Waals surface area contributed by atoms with Gasteiger partial charge in [-0.15, -0.1) is 0 Å². The molecule has 0 bridgehead atoms. The normalized spacial score (nSPS) is 11.0. The Bertz CT molecular complexity index is 764. The van der Waals surface area contributed by atoms with Crippen LogP contribution in [0.2, 0.25) is 0 Å². The second kappa shape index (κ2) is 7.42. The van der Waals surface area contributed by atoms with Crippen molar-refractivity contribution in [1.29, 1.82) is 0 Å². The van der Waals surface area contributed by atoms with Crippen molar-refractivity contribution in [3.63, 3.8) is 0 Å². The van der Waals surface area contributed by atoms with Gasteiger partial charge in [0.2, 0.25) is 5.91 Å². The minimum absolute atomic E-state index is 0.162. The summed E-state index contributed by atoms with van der Waals surface area (Å²) in [5, 5.41) is 4.17. The van der Waals surface area contributed by atoms with E-state index < -0.39 is 0 Å². The lowest BCUT2D eigenvalue weighted by molar-refractivity contribution is -0.131. The first-order valence-electron chi connectivity index (χ1n) is 7.97. The fraction of sp³-hybridized carbons (Fsp3) is 0.333. The average Bonchev–Trinajstić information content (AvgIpc) is 3.21. The number of amides is 1. The van der Waals surface area contributed by atoms with E-state index in [1.165, 1.54) is 5.56 Å². The first-order chi connectivity index (χ1) is 11.3. The summed E-state index contributed by atoms with van der Waals surface area (Å²) < 4.78 is 1.99. The van der Waals surface area contributed by atoms with Crippen molar-refractivity contribution < 1.29 is 4.79 Å². The number of carbonyl (C=O) groups is 1. The van der Waals surface area contributed by atoms with Gasteiger partial charge >= 0.3 is 0 Å². The van der Waals surface area contributed by atoms with Crippen LogP contribution >= 0.6 is 11.3 Å². The van der Waals surface area contributed by atoms with Crippen molar-refractivity contribution in [1.82, 2.24) is 14.3 Å². The molecule has 3 aromatic rings. The Morgan fingerprint density at radius 3 is 3.04 bits per heavy atom. The lowest BCUT2D eigenvalue weighted by Crippen LogP contribution is -2.32. The number of hydrogen-bond acceptors (Lipinski definition) is 3. The van der Waals surface area contributed by atoms with E-state index in [0.717, 1.165) is 30.7 Å². The third-order valence-electron chi connectivity index (χ3n) is 3.91. The highest BCUT2D eigenvalue weighted by Gasteiger charge is 2.16. The van der Waals surface area contributed by atoms with Crippen molar-refractivity contribution in [3.8, 4) is 0 Å². The summed E-state index contributed by atoms with van der Waals surface area (Å²) in [6.07, 6.45) is 6.27. The van der Waals surface area contributed by atoms with Gasteiger partial charge in [-0.25, -0.2) is 4.98 Å².